The first-order valence-electron chi connectivity index (χ1n) is 9.90. The van der Waals surface area contributed by atoms with E-state index in [4.69, 9.17) is 18.9 Å². The molecule has 0 atom stereocenters. The third kappa shape index (κ3) is 13.5. The Kier molecular flexibility index (Phi) is 17.7. The molecule has 144 valence electrons. The average Bonchev–Trinajstić information content (AvgIpc) is 2.60. The first kappa shape index (κ1) is 23.1. The van der Waals surface area contributed by atoms with Gasteiger partial charge in [0.05, 0.1) is 13.2 Å². The standard InChI is InChI=1S/C20H40O4/c1-5-8-9-10-11-12-13-14-15-19(22-16-6-2)20(23-17-7-3)24-18-21-4/h5-18H2,1-4H3. The van der Waals surface area contributed by atoms with Crippen LogP contribution in [-0.4, -0.2) is 27.1 Å². The van der Waals surface area contributed by atoms with Gasteiger partial charge in [-0.3, -0.25) is 0 Å². The molecule has 0 aliphatic rings. The van der Waals surface area contributed by atoms with Gasteiger partial charge in [0.15, 0.2) is 12.6 Å². The predicted octanol–water partition coefficient (Wildman–Crippen LogP) is 6.16. The summed E-state index contributed by atoms with van der Waals surface area (Å²) in [7, 11) is 1.61. The molecule has 24 heavy (non-hydrogen) atoms. The molecule has 0 aliphatic heterocycles. The number of hydrogen-bond acceptors (Lipinski definition) is 4. The maximum absolute atomic E-state index is 5.88. The molecule has 0 unspecified atom stereocenters. The largest absolute Gasteiger partial charge is 0.491 e. The number of rotatable bonds is 18. The number of hydrogen-bond donors (Lipinski definition) is 0. The van der Waals surface area contributed by atoms with E-state index in [0.717, 1.165) is 31.4 Å². The molecule has 0 saturated heterocycles. The summed E-state index contributed by atoms with van der Waals surface area (Å²) in [4.78, 5) is 0. The molecule has 0 bridgehead atoms. The van der Waals surface area contributed by atoms with Crippen molar-refractivity contribution in [2.75, 3.05) is 27.1 Å². The van der Waals surface area contributed by atoms with Crippen LogP contribution in [0.1, 0.15) is 91.4 Å². The second-order valence-corrected chi connectivity index (χ2v) is 6.18. The summed E-state index contributed by atoms with van der Waals surface area (Å²) in [6.07, 6.45) is 13.2. The zero-order valence-electron chi connectivity index (χ0n) is 16.5. The van der Waals surface area contributed by atoms with Crippen molar-refractivity contribution in [1.82, 2.24) is 0 Å². The zero-order chi connectivity index (χ0) is 17.9. The molecule has 0 heterocycles. The smallest absolute Gasteiger partial charge is 0.321 e. The van der Waals surface area contributed by atoms with Crippen molar-refractivity contribution < 1.29 is 18.9 Å². The van der Waals surface area contributed by atoms with Gasteiger partial charge in [-0.15, -0.1) is 0 Å². The Hall–Kier alpha value is -0.900. The normalized spacial score (nSPS) is 12.0. The van der Waals surface area contributed by atoms with Gasteiger partial charge in [-0.1, -0.05) is 65.7 Å². The Balaban J connectivity index is 4.29. The number of methoxy groups -OCH3 is 1. The third-order valence-corrected chi connectivity index (χ3v) is 3.71. The summed E-state index contributed by atoms with van der Waals surface area (Å²) < 4.78 is 22.2. The summed E-state index contributed by atoms with van der Waals surface area (Å²) in [6, 6.07) is 0. The summed E-state index contributed by atoms with van der Waals surface area (Å²) in [5.74, 6) is 1.35. The van der Waals surface area contributed by atoms with E-state index >= 15 is 0 Å². The maximum Gasteiger partial charge on any atom is 0.321 e. The number of allylic oxidation sites excluding steroid dienone is 1. The van der Waals surface area contributed by atoms with Crippen molar-refractivity contribution in [3.8, 4) is 0 Å². The van der Waals surface area contributed by atoms with Crippen molar-refractivity contribution >= 4 is 0 Å². The summed E-state index contributed by atoms with van der Waals surface area (Å²) in [5, 5.41) is 0. The van der Waals surface area contributed by atoms with E-state index in [1.807, 2.05) is 0 Å². The lowest BCUT2D eigenvalue weighted by Gasteiger charge is -2.17. The van der Waals surface area contributed by atoms with Gasteiger partial charge in [0.2, 0.25) is 0 Å². The fraction of sp³-hybridized carbons (Fsp3) is 0.900. The van der Waals surface area contributed by atoms with Crippen LogP contribution in [0.25, 0.3) is 0 Å². The van der Waals surface area contributed by atoms with Gasteiger partial charge >= 0.3 is 5.95 Å². The molecule has 0 aliphatic carbocycles. The van der Waals surface area contributed by atoms with Gasteiger partial charge in [-0.05, 0) is 19.3 Å². The lowest BCUT2D eigenvalue weighted by atomic mass is 10.1. The minimum atomic E-state index is 0.190. The van der Waals surface area contributed by atoms with Gasteiger partial charge in [0, 0.05) is 13.5 Å². The second kappa shape index (κ2) is 18.4. The Bertz CT molecular complexity index is 279. The van der Waals surface area contributed by atoms with Crippen LogP contribution in [0.2, 0.25) is 0 Å². The highest BCUT2D eigenvalue weighted by Gasteiger charge is 2.12. The number of unbranched alkanes of at least 4 members (excludes halogenated alkanes) is 7. The monoisotopic (exact) mass is 344 g/mol. The molecule has 4 nitrogen and oxygen atoms in total. The first-order valence-corrected chi connectivity index (χ1v) is 9.90. The quantitative estimate of drug-likeness (QED) is 0.169. The van der Waals surface area contributed by atoms with Crippen molar-refractivity contribution in [2.24, 2.45) is 0 Å². The molecule has 0 amide bonds. The molecule has 0 saturated carbocycles. The van der Waals surface area contributed by atoms with Crippen LogP contribution < -0.4 is 0 Å². The van der Waals surface area contributed by atoms with Crippen molar-refractivity contribution in [2.45, 2.75) is 91.4 Å². The highest BCUT2D eigenvalue weighted by Crippen LogP contribution is 2.19. The molecule has 0 spiro atoms. The lowest BCUT2D eigenvalue weighted by Crippen LogP contribution is -2.08. The van der Waals surface area contributed by atoms with Crippen LogP contribution in [0.4, 0.5) is 0 Å². The molecule has 0 radical (unpaired) electrons. The Morgan fingerprint density at radius 3 is 1.79 bits per heavy atom. The molecular weight excluding hydrogens is 304 g/mol. The first-order chi connectivity index (χ1) is 11.8. The maximum atomic E-state index is 5.88. The van der Waals surface area contributed by atoms with E-state index in [2.05, 4.69) is 20.8 Å². The molecule has 0 rings (SSSR count). The summed E-state index contributed by atoms with van der Waals surface area (Å²) in [6.45, 7) is 7.97. The Morgan fingerprint density at radius 2 is 1.21 bits per heavy atom. The van der Waals surface area contributed by atoms with E-state index in [-0.39, 0.29) is 6.79 Å². The van der Waals surface area contributed by atoms with Gasteiger partial charge in [-0.25, -0.2) is 0 Å². The SMILES string of the molecule is CCCCCCCCCCC(OCCC)=C(OCCC)OCOC. The third-order valence-electron chi connectivity index (χ3n) is 3.71. The minimum absolute atomic E-state index is 0.190. The Labute approximate surface area is 149 Å². The highest BCUT2D eigenvalue weighted by atomic mass is 16.7. The molecule has 0 fully saturated rings. The van der Waals surface area contributed by atoms with E-state index in [1.165, 1.54) is 44.9 Å². The fourth-order valence-corrected chi connectivity index (χ4v) is 2.39. The second-order valence-electron chi connectivity index (χ2n) is 6.18. The highest BCUT2D eigenvalue weighted by molar-refractivity contribution is 4.95. The molecule has 4 heteroatoms. The van der Waals surface area contributed by atoms with Gasteiger partial charge < -0.3 is 18.9 Å². The van der Waals surface area contributed by atoms with E-state index < -0.39 is 0 Å². The van der Waals surface area contributed by atoms with Crippen molar-refractivity contribution in [3.05, 3.63) is 11.7 Å². The summed E-state index contributed by atoms with van der Waals surface area (Å²) in [5.41, 5.74) is 0. The molecule has 0 aromatic heterocycles. The zero-order valence-corrected chi connectivity index (χ0v) is 16.5. The minimum Gasteiger partial charge on any atom is -0.491 e. The Morgan fingerprint density at radius 1 is 0.625 bits per heavy atom. The van der Waals surface area contributed by atoms with Gasteiger partial charge in [-0.2, -0.15) is 0 Å². The van der Waals surface area contributed by atoms with Crippen LogP contribution in [0.15, 0.2) is 11.7 Å². The molecule has 0 aromatic carbocycles. The summed E-state index contributed by atoms with van der Waals surface area (Å²) >= 11 is 0. The molecule has 0 aromatic rings. The molecule has 0 N–H and O–H groups in total. The fourth-order valence-electron chi connectivity index (χ4n) is 2.39. The van der Waals surface area contributed by atoms with Gasteiger partial charge in [0.1, 0.15) is 0 Å². The lowest BCUT2D eigenvalue weighted by molar-refractivity contribution is -0.0686. The van der Waals surface area contributed by atoms with Crippen molar-refractivity contribution in [1.29, 1.82) is 0 Å². The van der Waals surface area contributed by atoms with Crippen LogP contribution in [0, 0.1) is 0 Å². The van der Waals surface area contributed by atoms with Crippen molar-refractivity contribution in [3.63, 3.8) is 0 Å². The topological polar surface area (TPSA) is 36.9 Å². The molecular formula is C20H40O4. The van der Waals surface area contributed by atoms with Crippen LogP contribution in [0.5, 0.6) is 0 Å². The van der Waals surface area contributed by atoms with E-state index in [9.17, 15) is 0 Å². The van der Waals surface area contributed by atoms with Crippen LogP contribution >= 0.6 is 0 Å². The van der Waals surface area contributed by atoms with Crippen LogP contribution in [-0.2, 0) is 18.9 Å². The average molecular weight is 345 g/mol. The number of ether oxygens (including phenoxy) is 4. The van der Waals surface area contributed by atoms with E-state index in [0.29, 0.717) is 19.2 Å². The van der Waals surface area contributed by atoms with E-state index in [1.54, 1.807) is 7.11 Å². The predicted molar refractivity (Wildman–Crippen MR) is 99.7 cm³/mol. The van der Waals surface area contributed by atoms with Crippen LogP contribution in [0.3, 0.4) is 0 Å². The van der Waals surface area contributed by atoms with Gasteiger partial charge in [0.25, 0.3) is 0 Å².